The number of hydrogen-bond acceptors (Lipinski definition) is 5. The third kappa shape index (κ3) is 4.82. The molecular formula is C20H25N3O4S. The molecule has 0 saturated carbocycles. The molecule has 3 rings (SSSR count). The Morgan fingerprint density at radius 2 is 1.79 bits per heavy atom. The minimum atomic E-state index is -3.63. The molecule has 0 atom stereocenters. The van der Waals surface area contributed by atoms with E-state index in [-0.39, 0.29) is 17.3 Å². The first-order chi connectivity index (χ1) is 13.5. The molecule has 0 aromatic heterocycles. The van der Waals surface area contributed by atoms with Crippen molar-refractivity contribution >= 4 is 27.3 Å². The Labute approximate surface area is 165 Å². The van der Waals surface area contributed by atoms with Crippen LogP contribution in [-0.2, 0) is 14.8 Å². The number of carbonyl (C=O) groups is 1. The fourth-order valence-electron chi connectivity index (χ4n) is 3.07. The molecule has 1 saturated heterocycles. The maximum atomic E-state index is 13.0. The number of para-hydroxylation sites is 1. The predicted octanol–water partition coefficient (Wildman–Crippen LogP) is 2.92. The fraction of sp³-hybridized carbons (Fsp3) is 0.350. The van der Waals surface area contributed by atoms with Crippen molar-refractivity contribution in [2.75, 3.05) is 36.9 Å². The minimum absolute atomic E-state index is 0.0199. The lowest BCUT2D eigenvalue weighted by Crippen LogP contribution is -2.28. The molecule has 2 aromatic rings. The van der Waals surface area contributed by atoms with Crippen molar-refractivity contribution < 1.29 is 17.9 Å². The lowest BCUT2D eigenvalue weighted by molar-refractivity contribution is -0.114. The normalized spacial score (nSPS) is 14.6. The number of ether oxygens (including phenoxy) is 1. The molecule has 1 aliphatic heterocycles. The van der Waals surface area contributed by atoms with Crippen LogP contribution >= 0.6 is 0 Å². The lowest BCUT2D eigenvalue weighted by atomic mass is 10.3. The van der Waals surface area contributed by atoms with E-state index in [0.29, 0.717) is 36.8 Å². The Hall–Kier alpha value is -2.58. The number of nitrogens with one attached hydrogen (secondary N) is 2. The van der Waals surface area contributed by atoms with E-state index in [1.54, 1.807) is 24.3 Å². The molecule has 1 heterocycles. The maximum Gasteiger partial charge on any atom is 0.246 e. The van der Waals surface area contributed by atoms with Crippen molar-refractivity contribution in [3.8, 4) is 5.75 Å². The topological polar surface area (TPSA) is 87.7 Å². The monoisotopic (exact) mass is 403 g/mol. The summed E-state index contributed by atoms with van der Waals surface area (Å²) in [5.41, 5.74) is 1.25. The first-order valence-corrected chi connectivity index (χ1v) is 10.8. The molecule has 0 radical (unpaired) electrons. The zero-order chi connectivity index (χ0) is 20.0. The van der Waals surface area contributed by atoms with Crippen molar-refractivity contribution in [1.82, 2.24) is 4.31 Å². The third-order valence-electron chi connectivity index (χ3n) is 4.44. The zero-order valence-corrected chi connectivity index (χ0v) is 16.7. The van der Waals surface area contributed by atoms with Gasteiger partial charge in [-0.05, 0) is 50.1 Å². The van der Waals surface area contributed by atoms with Crippen molar-refractivity contribution in [2.45, 2.75) is 24.7 Å². The first kappa shape index (κ1) is 20.2. The minimum Gasteiger partial charge on any atom is -0.492 e. The fourth-order valence-corrected chi connectivity index (χ4v) is 4.75. The Bertz CT molecular complexity index is 910. The Balaban J connectivity index is 1.74. The molecule has 0 unspecified atom stereocenters. The van der Waals surface area contributed by atoms with Crippen LogP contribution in [0.15, 0.2) is 53.4 Å². The number of nitrogens with zero attached hydrogens (tertiary/aromatic N) is 1. The van der Waals surface area contributed by atoms with E-state index in [1.165, 1.54) is 10.4 Å². The van der Waals surface area contributed by atoms with Gasteiger partial charge in [-0.25, -0.2) is 8.42 Å². The molecule has 1 aliphatic rings. The van der Waals surface area contributed by atoms with Crippen molar-refractivity contribution in [2.24, 2.45) is 0 Å². The maximum absolute atomic E-state index is 13.0. The molecular weight excluding hydrogens is 378 g/mol. The van der Waals surface area contributed by atoms with Crippen LogP contribution in [0.1, 0.15) is 19.8 Å². The standard InChI is InChI=1S/C20H25N3O4S/c1-2-27-18-11-10-17(14-19(18)28(25,26)23-12-6-7-13-23)21-15-20(24)22-16-8-4-3-5-9-16/h3-5,8-11,14,21H,2,6-7,12-13,15H2,1H3,(H,22,24). The average Bonchev–Trinajstić information content (AvgIpc) is 3.24. The van der Waals surface area contributed by atoms with Gasteiger partial charge in [0.25, 0.3) is 0 Å². The Morgan fingerprint density at radius 3 is 2.46 bits per heavy atom. The summed E-state index contributed by atoms with van der Waals surface area (Å²) in [5.74, 6) is 0.109. The van der Waals surface area contributed by atoms with E-state index in [4.69, 9.17) is 4.74 Å². The summed E-state index contributed by atoms with van der Waals surface area (Å²) >= 11 is 0. The number of sulfonamides is 1. The summed E-state index contributed by atoms with van der Waals surface area (Å²) in [4.78, 5) is 12.3. The summed E-state index contributed by atoms with van der Waals surface area (Å²) in [5, 5.41) is 5.77. The quantitative estimate of drug-likeness (QED) is 0.708. The Kier molecular flexibility index (Phi) is 6.53. The highest BCUT2D eigenvalue weighted by atomic mass is 32.2. The number of carbonyl (C=O) groups excluding carboxylic acids is 1. The molecule has 0 bridgehead atoms. The molecule has 8 heteroatoms. The Morgan fingerprint density at radius 1 is 1.07 bits per heavy atom. The van der Waals surface area contributed by atoms with Crippen LogP contribution < -0.4 is 15.4 Å². The second-order valence-electron chi connectivity index (χ2n) is 6.47. The first-order valence-electron chi connectivity index (χ1n) is 9.36. The highest BCUT2D eigenvalue weighted by Crippen LogP contribution is 2.31. The van der Waals surface area contributed by atoms with Gasteiger partial charge < -0.3 is 15.4 Å². The SMILES string of the molecule is CCOc1ccc(NCC(=O)Nc2ccccc2)cc1S(=O)(=O)N1CCCC1. The third-order valence-corrected chi connectivity index (χ3v) is 6.36. The molecule has 2 N–H and O–H groups in total. The van der Waals surface area contributed by atoms with Gasteiger partial charge in [-0.1, -0.05) is 18.2 Å². The predicted molar refractivity (Wildman–Crippen MR) is 109 cm³/mol. The van der Waals surface area contributed by atoms with Crippen molar-refractivity contribution in [3.63, 3.8) is 0 Å². The summed E-state index contributed by atoms with van der Waals surface area (Å²) < 4.78 is 33.0. The molecule has 2 aromatic carbocycles. The summed E-state index contributed by atoms with van der Waals surface area (Å²) in [6.07, 6.45) is 1.72. The molecule has 0 spiro atoms. The highest BCUT2D eigenvalue weighted by Gasteiger charge is 2.30. The van der Waals surface area contributed by atoms with E-state index < -0.39 is 10.0 Å². The van der Waals surface area contributed by atoms with Crippen LogP contribution in [0.3, 0.4) is 0 Å². The molecule has 28 heavy (non-hydrogen) atoms. The van der Waals surface area contributed by atoms with Gasteiger partial charge in [-0.2, -0.15) is 4.31 Å². The second kappa shape index (κ2) is 9.07. The van der Waals surface area contributed by atoms with Gasteiger partial charge in [0.05, 0.1) is 13.2 Å². The lowest BCUT2D eigenvalue weighted by Gasteiger charge is -2.19. The van der Waals surface area contributed by atoms with Gasteiger partial charge in [0.15, 0.2) is 0 Å². The molecule has 7 nitrogen and oxygen atoms in total. The van der Waals surface area contributed by atoms with Gasteiger partial charge in [-0.3, -0.25) is 4.79 Å². The summed E-state index contributed by atoms with van der Waals surface area (Å²) in [6, 6.07) is 14.0. The average molecular weight is 404 g/mol. The van der Waals surface area contributed by atoms with Gasteiger partial charge in [0.1, 0.15) is 10.6 Å². The number of rotatable bonds is 8. The van der Waals surface area contributed by atoms with E-state index in [9.17, 15) is 13.2 Å². The molecule has 1 fully saturated rings. The molecule has 0 aliphatic carbocycles. The molecule has 1 amide bonds. The van der Waals surface area contributed by atoms with E-state index in [0.717, 1.165) is 12.8 Å². The van der Waals surface area contributed by atoms with Crippen LogP contribution in [0, 0.1) is 0 Å². The molecule has 150 valence electrons. The zero-order valence-electron chi connectivity index (χ0n) is 15.8. The van der Waals surface area contributed by atoms with E-state index in [1.807, 2.05) is 25.1 Å². The number of anilines is 2. The number of amides is 1. The van der Waals surface area contributed by atoms with Gasteiger partial charge in [0.2, 0.25) is 15.9 Å². The van der Waals surface area contributed by atoms with Crippen LogP contribution in [0.5, 0.6) is 5.75 Å². The van der Waals surface area contributed by atoms with Crippen LogP contribution in [-0.4, -0.2) is 44.9 Å². The second-order valence-corrected chi connectivity index (χ2v) is 8.38. The smallest absolute Gasteiger partial charge is 0.246 e. The van der Waals surface area contributed by atoms with Gasteiger partial charge in [0, 0.05) is 24.5 Å². The van der Waals surface area contributed by atoms with Gasteiger partial charge in [-0.15, -0.1) is 0 Å². The number of hydrogen-bond donors (Lipinski definition) is 2. The van der Waals surface area contributed by atoms with E-state index >= 15 is 0 Å². The van der Waals surface area contributed by atoms with Crippen molar-refractivity contribution in [1.29, 1.82) is 0 Å². The van der Waals surface area contributed by atoms with Crippen LogP contribution in [0.4, 0.5) is 11.4 Å². The largest absolute Gasteiger partial charge is 0.492 e. The summed E-state index contributed by atoms with van der Waals surface area (Å²) in [6.45, 7) is 3.24. The van der Waals surface area contributed by atoms with Crippen LogP contribution in [0.25, 0.3) is 0 Å². The summed E-state index contributed by atoms with van der Waals surface area (Å²) in [7, 11) is -3.63. The van der Waals surface area contributed by atoms with Gasteiger partial charge >= 0.3 is 0 Å². The number of benzene rings is 2. The highest BCUT2D eigenvalue weighted by molar-refractivity contribution is 7.89. The van der Waals surface area contributed by atoms with Crippen molar-refractivity contribution in [3.05, 3.63) is 48.5 Å². The van der Waals surface area contributed by atoms with E-state index in [2.05, 4.69) is 10.6 Å². The van der Waals surface area contributed by atoms with Crippen LogP contribution in [0.2, 0.25) is 0 Å².